The Kier molecular flexibility index (Phi) is 9.17. The normalized spacial score (nSPS) is 26.4. The zero-order valence-electron chi connectivity index (χ0n) is 20.7. The maximum absolute atomic E-state index is 12.8. The maximum Gasteiger partial charge on any atom is 0.227 e. The van der Waals surface area contributed by atoms with E-state index in [4.69, 9.17) is 37.7 Å². The highest BCUT2D eigenvalue weighted by atomic mass is 35.5. The van der Waals surface area contributed by atoms with Crippen LogP contribution in [-0.4, -0.2) is 47.1 Å². The molecular formula is C27H35Cl2N3O3S. The molecule has 2 aromatic rings. The fourth-order valence-electron chi connectivity index (χ4n) is 5.73. The van der Waals surface area contributed by atoms with Crippen LogP contribution in [0.25, 0.3) is 0 Å². The van der Waals surface area contributed by atoms with Crippen LogP contribution < -0.4 is 0 Å². The number of halogens is 2. The largest absolute Gasteiger partial charge is 0.347 e. The van der Waals surface area contributed by atoms with Gasteiger partial charge in [-0.1, -0.05) is 55.3 Å². The molecule has 1 aliphatic carbocycles. The van der Waals surface area contributed by atoms with Crippen LogP contribution >= 0.6 is 34.5 Å². The van der Waals surface area contributed by atoms with Crippen LogP contribution in [-0.2, 0) is 20.7 Å². The second kappa shape index (κ2) is 12.5. The number of rotatable bonds is 4. The molecule has 1 saturated carbocycles. The van der Waals surface area contributed by atoms with Gasteiger partial charge in [-0.3, -0.25) is 4.79 Å². The van der Waals surface area contributed by atoms with Crippen LogP contribution in [0.3, 0.4) is 0 Å². The average Bonchev–Trinajstić information content (AvgIpc) is 3.33. The molecule has 0 aromatic carbocycles. The first-order chi connectivity index (χ1) is 17.6. The van der Waals surface area contributed by atoms with Gasteiger partial charge in [0.05, 0.1) is 29.7 Å². The fraction of sp³-hybridized carbons (Fsp3) is 0.667. The van der Waals surface area contributed by atoms with Crippen LogP contribution in [0, 0.1) is 11.8 Å². The zero-order chi connectivity index (χ0) is 24.9. The highest BCUT2D eigenvalue weighted by Crippen LogP contribution is 2.36. The molecular weight excluding hydrogens is 517 g/mol. The number of likely N-dealkylation sites (tertiary alicyclic amines) is 1. The van der Waals surface area contributed by atoms with Crippen molar-refractivity contribution in [3.05, 3.63) is 44.1 Å². The summed E-state index contributed by atoms with van der Waals surface area (Å²) >= 11 is 13.9. The van der Waals surface area contributed by atoms with Gasteiger partial charge in [-0.05, 0) is 49.1 Å². The van der Waals surface area contributed by atoms with E-state index in [2.05, 4.69) is 10.4 Å². The van der Waals surface area contributed by atoms with E-state index in [9.17, 15) is 4.79 Å². The molecule has 3 fully saturated rings. The number of ether oxygens (including phenoxy) is 2. The lowest BCUT2D eigenvalue weighted by Crippen LogP contribution is -2.38. The molecule has 2 unspecified atom stereocenters. The Labute approximate surface area is 227 Å². The van der Waals surface area contributed by atoms with Crippen LogP contribution in [0.4, 0.5) is 0 Å². The van der Waals surface area contributed by atoms with Crippen molar-refractivity contribution in [2.24, 2.45) is 11.8 Å². The van der Waals surface area contributed by atoms with E-state index in [1.165, 1.54) is 51.1 Å². The summed E-state index contributed by atoms with van der Waals surface area (Å²) in [6.45, 7) is 2.98. The van der Waals surface area contributed by atoms with E-state index >= 15 is 0 Å². The van der Waals surface area contributed by atoms with E-state index in [0.29, 0.717) is 41.0 Å². The Morgan fingerprint density at radius 1 is 1.00 bits per heavy atom. The summed E-state index contributed by atoms with van der Waals surface area (Å²) < 4.78 is 12.5. The molecule has 0 N–H and O–H groups in total. The minimum absolute atomic E-state index is 0.0708. The van der Waals surface area contributed by atoms with E-state index < -0.39 is 0 Å². The summed E-state index contributed by atoms with van der Waals surface area (Å²) in [6, 6.07) is 1.67. The number of nitrogens with zero attached hydrogens (tertiary/aromatic N) is 3. The molecule has 9 heteroatoms. The van der Waals surface area contributed by atoms with Crippen molar-refractivity contribution in [2.75, 3.05) is 26.3 Å². The van der Waals surface area contributed by atoms with Crippen molar-refractivity contribution in [3.63, 3.8) is 0 Å². The molecule has 36 heavy (non-hydrogen) atoms. The Bertz CT molecular complexity index is 1010. The molecule has 6 nitrogen and oxygen atoms in total. The Morgan fingerprint density at radius 3 is 2.36 bits per heavy atom. The third-order valence-electron chi connectivity index (χ3n) is 7.96. The topological polar surface area (TPSA) is 64.6 Å². The van der Waals surface area contributed by atoms with Gasteiger partial charge >= 0.3 is 0 Å². The molecule has 0 radical (unpaired) electrons. The van der Waals surface area contributed by atoms with Gasteiger partial charge in [0.25, 0.3) is 0 Å². The van der Waals surface area contributed by atoms with Crippen LogP contribution in [0.5, 0.6) is 0 Å². The van der Waals surface area contributed by atoms with Gasteiger partial charge in [0, 0.05) is 30.6 Å². The highest BCUT2D eigenvalue weighted by molar-refractivity contribution is 7.09. The molecule has 1 amide bonds. The quantitative estimate of drug-likeness (QED) is 0.390. The maximum atomic E-state index is 12.8. The van der Waals surface area contributed by atoms with Gasteiger partial charge in [-0.2, -0.15) is 0 Å². The number of piperidine rings is 1. The SMILES string of the molecule is O=C(Cc1cc(Cl)ncc1Cl)N1CCC(c2nc(C3OCC4CCCCCCCC4CO3)cs2)CC1. The minimum Gasteiger partial charge on any atom is -0.347 e. The highest BCUT2D eigenvalue weighted by Gasteiger charge is 2.31. The number of aromatic nitrogens is 2. The molecule has 3 aliphatic rings. The lowest BCUT2D eigenvalue weighted by Gasteiger charge is -2.31. The first-order valence-corrected chi connectivity index (χ1v) is 15.0. The number of pyridine rings is 1. The van der Waals surface area contributed by atoms with Gasteiger partial charge in [0.1, 0.15) is 10.8 Å². The van der Waals surface area contributed by atoms with E-state index in [1.54, 1.807) is 17.4 Å². The summed E-state index contributed by atoms with van der Waals surface area (Å²) in [5.74, 6) is 1.63. The van der Waals surface area contributed by atoms with Crippen molar-refractivity contribution in [2.45, 2.75) is 76.4 Å². The summed E-state index contributed by atoms with van der Waals surface area (Å²) in [7, 11) is 0. The van der Waals surface area contributed by atoms with Crippen molar-refractivity contribution in [1.82, 2.24) is 14.9 Å². The second-order valence-corrected chi connectivity index (χ2v) is 12.1. The first kappa shape index (κ1) is 26.4. The molecule has 196 valence electrons. The smallest absolute Gasteiger partial charge is 0.227 e. The van der Waals surface area contributed by atoms with Crippen molar-refractivity contribution < 1.29 is 14.3 Å². The molecule has 4 heterocycles. The standard InChI is InChI=1S/C27H35Cl2N3O3S/c28-22-14-30-24(29)12-21(22)13-25(33)32-10-8-18(9-11-32)26-31-23(17-36-26)27-34-15-19-6-4-2-1-3-5-7-20(19)16-35-27/h12,14,17-20,27H,1-11,13,15-16H2. The molecule has 2 aliphatic heterocycles. The lowest BCUT2D eigenvalue weighted by atomic mass is 9.86. The molecule has 5 rings (SSSR count). The van der Waals surface area contributed by atoms with Crippen LogP contribution in [0.15, 0.2) is 17.6 Å². The van der Waals surface area contributed by atoms with Gasteiger partial charge in [-0.15, -0.1) is 11.3 Å². The number of fused-ring (bicyclic) bond motifs is 1. The second-order valence-electron chi connectivity index (χ2n) is 10.4. The van der Waals surface area contributed by atoms with E-state index in [-0.39, 0.29) is 18.6 Å². The molecule has 0 bridgehead atoms. The summed E-state index contributed by atoms with van der Waals surface area (Å²) in [4.78, 5) is 23.7. The van der Waals surface area contributed by atoms with E-state index in [0.717, 1.165) is 42.3 Å². The molecule has 2 aromatic heterocycles. The van der Waals surface area contributed by atoms with Gasteiger partial charge in [-0.25, -0.2) is 9.97 Å². The predicted octanol–water partition coefficient (Wildman–Crippen LogP) is 6.82. The van der Waals surface area contributed by atoms with Gasteiger partial charge < -0.3 is 14.4 Å². The summed E-state index contributed by atoms with van der Waals surface area (Å²) in [6.07, 6.45) is 12.4. The molecule has 2 saturated heterocycles. The van der Waals surface area contributed by atoms with Crippen LogP contribution in [0.2, 0.25) is 10.2 Å². The van der Waals surface area contributed by atoms with Crippen molar-refractivity contribution in [1.29, 1.82) is 0 Å². The number of hydrogen-bond acceptors (Lipinski definition) is 6. The zero-order valence-corrected chi connectivity index (χ0v) is 23.0. The van der Waals surface area contributed by atoms with Crippen LogP contribution in [0.1, 0.15) is 86.3 Å². The monoisotopic (exact) mass is 551 g/mol. The number of hydrogen-bond donors (Lipinski definition) is 0. The average molecular weight is 553 g/mol. The number of amides is 1. The van der Waals surface area contributed by atoms with Crippen molar-refractivity contribution in [3.8, 4) is 0 Å². The first-order valence-electron chi connectivity index (χ1n) is 13.3. The Morgan fingerprint density at radius 2 is 1.67 bits per heavy atom. The van der Waals surface area contributed by atoms with E-state index in [1.807, 2.05) is 4.90 Å². The fourth-order valence-corrected chi connectivity index (χ4v) is 7.07. The molecule has 0 spiro atoms. The van der Waals surface area contributed by atoms with Crippen molar-refractivity contribution >= 4 is 40.4 Å². The third kappa shape index (κ3) is 6.60. The summed E-state index contributed by atoms with van der Waals surface area (Å²) in [5.41, 5.74) is 1.63. The Balaban J connectivity index is 1.14. The van der Waals surface area contributed by atoms with Gasteiger partial charge in [0.15, 0.2) is 0 Å². The lowest BCUT2D eigenvalue weighted by molar-refractivity contribution is -0.136. The summed E-state index contributed by atoms with van der Waals surface area (Å²) in [5, 5.41) is 4.05. The number of carbonyl (C=O) groups is 1. The van der Waals surface area contributed by atoms with Gasteiger partial charge in [0.2, 0.25) is 12.2 Å². The third-order valence-corrected chi connectivity index (χ3v) is 9.53. The Hall–Kier alpha value is -1.25. The number of carbonyl (C=O) groups excluding carboxylic acids is 1. The number of thiazole rings is 1. The predicted molar refractivity (Wildman–Crippen MR) is 143 cm³/mol. The minimum atomic E-state index is -0.357. The molecule has 2 atom stereocenters.